The third-order valence-electron chi connectivity index (χ3n) is 5.80. The number of amides is 1. The molecule has 1 amide bonds. The van der Waals surface area contributed by atoms with Crippen LogP contribution in [0, 0.1) is 17.2 Å². The van der Waals surface area contributed by atoms with E-state index < -0.39 is 23.3 Å². The van der Waals surface area contributed by atoms with Crippen LogP contribution in [-0.2, 0) is 11.3 Å². The maximum absolute atomic E-state index is 13.1. The van der Waals surface area contributed by atoms with Crippen molar-refractivity contribution in [3.05, 3.63) is 69.5 Å². The van der Waals surface area contributed by atoms with Crippen molar-refractivity contribution < 1.29 is 19.0 Å². The van der Waals surface area contributed by atoms with Gasteiger partial charge in [0.2, 0.25) is 11.9 Å². The molecule has 0 saturated carbocycles. The lowest BCUT2D eigenvalue weighted by molar-refractivity contribution is -0.119. The molecule has 0 radical (unpaired) electrons. The largest absolute Gasteiger partial charge is 0.497 e. The Morgan fingerprint density at radius 1 is 1.15 bits per heavy atom. The summed E-state index contributed by atoms with van der Waals surface area (Å²) in [5, 5.41) is 15.3. The number of rotatable bonds is 5. The molecule has 10 heteroatoms. The Balaban J connectivity index is 1.45. The standard InChI is InChI=1S/C24H21N5O5/c1-32-15-5-3-14(4-6-15)19-16(11-25)22(30)27-21-20(19)23(31)29-24(28-21)26-12-13-2-7-17-18(10-13)34-9-8-33-17/h2-7,10,16,19H,8-9,12H2,1H3,(H3,26,27,28,29,30,31). The van der Waals surface area contributed by atoms with Crippen molar-refractivity contribution in [2.75, 3.05) is 31.0 Å². The molecule has 2 aromatic carbocycles. The van der Waals surface area contributed by atoms with Crippen molar-refractivity contribution in [3.63, 3.8) is 0 Å². The number of carbonyl (C=O) groups excluding carboxylic acids is 1. The molecule has 0 saturated heterocycles. The molecule has 3 N–H and O–H groups in total. The lowest BCUT2D eigenvalue weighted by Crippen LogP contribution is -2.38. The topological polar surface area (TPSA) is 138 Å². The minimum absolute atomic E-state index is 0.130. The number of aromatic nitrogens is 2. The van der Waals surface area contributed by atoms with Crippen LogP contribution in [0.25, 0.3) is 0 Å². The first-order valence-corrected chi connectivity index (χ1v) is 10.7. The molecule has 2 aliphatic heterocycles. The van der Waals surface area contributed by atoms with Crippen molar-refractivity contribution in [1.29, 1.82) is 5.26 Å². The second-order valence-electron chi connectivity index (χ2n) is 7.86. The van der Waals surface area contributed by atoms with Gasteiger partial charge in [-0.15, -0.1) is 0 Å². The number of H-pyrrole nitrogens is 1. The van der Waals surface area contributed by atoms with Crippen LogP contribution in [0.5, 0.6) is 17.2 Å². The lowest BCUT2D eigenvalue weighted by Gasteiger charge is -2.28. The zero-order chi connectivity index (χ0) is 23.7. The number of anilines is 2. The second kappa shape index (κ2) is 8.78. The predicted octanol–water partition coefficient (Wildman–Crippen LogP) is 2.39. The molecule has 0 fully saturated rings. The fraction of sp³-hybridized carbons (Fsp3) is 0.250. The normalized spacial score (nSPS) is 18.3. The van der Waals surface area contributed by atoms with E-state index in [0.717, 1.165) is 5.56 Å². The Bertz CT molecular complexity index is 1350. The second-order valence-corrected chi connectivity index (χ2v) is 7.86. The first-order chi connectivity index (χ1) is 16.6. The maximum atomic E-state index is 13.1. The average molecular weight is 459 g/mol. The zero-order valence-corrected chi connectivity index (χ0v) is 18.3. The molecular weight excluding hydrogens is 438 g/mol. The first kappa shape index (κ1) is 21.3. The van der Waals surface area contributed by atoms with E-state index in [1.54, 1.807) is 31.4 Å². The highest BCUT2D eigenvalue weighted by Gasteiger charge is 2.40. The highest BCUT2D eigenvalue weighted by atomic mass is 16.6. The number of ether oxygens (including phenoxy) is 3. The van der Waals surface area contributed by atoms with Crippen LogP contribution in [0.15, 0.2) is 47.3 Å². The number of carbonyl (C=O) groups is 1. The molecule has 34 heavy (non-hydrogen) atoms. The molecule has 10 nitrogen and oxygen atoms in total. The molecule has 3 heterocycles. The number of nitriles is 1. The molecule has 2 aliphatic rings. The van der Waals surface area contributed by atoms with Crippen molar-refractivity contribution in [3.8, 4) is 23.3 Å². The lowest BCUT2D eigenvalue weighted by atomic mass is 9.79. The van der Waals surface area contributed by atoms with E-state index in [-0.39, 0.29) is 17.3 Å². The van der Waals surface area contributed by atoms with Gasteiger partial charge in [-0.1, -0.05) is 18.2 Å². The van der Waals surface area contributed by atoms with Gasteiger partial charge in [-0.2, -0.15) is 10.2 Å². The summed E-state index contributed by atoms with van der Waals surface area (Å²) < 4.78 is 16.3. The third kappa shape index (κ3) is 3.88. The zero-order valence-electron chi connectivity index (χ0n) is 18.3. The van der Waals surface area contributed by atoms with Gasteiger partial charge in [-0.05, 0) is 35.4 Å². The molecule has 0 bridgehead atoms. The number of nitrogens with zero attached hydrogens (tertiary/aromatic N) is 2. The molecule has 172 valence electrons. The summed E-state index contributed by atoms with van der Waals surface area (Å²) in [6.45, 7) is 1.36. The van der Waals surface area contributed by atoms with Crippen LogP contribution < -0.4 is 30.4 Å². The fourth-order valence-electron chi connectivity index (χ4n) is 4.15. The summed E-state index contributed by atoms with van der Waals surface area (Å²) in [4.78, 5) is 32.9. The van der Waals surface area contributed by atoms with Gasteiger partial charge in [0.15, 0.2) is 11.5 Å². The molecular formula is C24H21N5O5. The summed E-state index contributed by atoms with van der Waals surface area (Å²) in [5.41, 5.74) is 1.35. The van der Waals surface area contributed by atoms with Crippen molar-refractivity contribution in [2.24, 2.45) is 5.92 Å². The van der Waals surface area contributed by atoms with Crippen LogP contribution in [0.1, 0.15) is 22.6 Å². The molecule has 3 aromatic rings. The van der Waals surface area contributed by atoms with Crippen LogP contribution in [0.4, 0.5) is 11.8 Å². The third-order valence-corrected chi connectivity index (χ3v) is 5.80. The van der Waals surface area contributed by atoms with Gasteiger partial charge in [0.05, 0.1) is 18.7 Å². The number of fused-ring (bicyclic) bond motifs is 2. The van der Waals surface area contributed by atoms with Crippen LogP contribution in [-0.4, -0.2) is 36.2 Å². The SMILES string of the molecule is COc1ccc(C2c3c(nc(NCc4ccc5c(c4)OCCO5)[nH]c3=O)NC(=O)C2C#N)cc1. The molecule has 0 aliphatic carbocycles. The van der Waals surface area contributed by atoms with Gasteiger partial charge in [0, 0.05) is 12.5 Å². The number of aromatic amines is 1. The number of nitrogens with one attached hydrogen (secondary N) is 3. The first-order valence-electron chi connectivity index (χ1n) is 10.7. The van der Waals surface area contributed by atoms with Crippen molar-refractivity contribution in [2.45, 2.75) is 12.5 Å². The number of hydrogen-bond donors (Lipinski definition) is 3. The Morgan fingerprint density at radius 2 is 1.91 bits per heavy atom. The molecule has 5 rings (SSSR count). The van der Waals surface area contributed by atoms with Gasteiger partial charge >= 0.3 is 0 Å². The van der Waals surface area contributed by atoms with E-state index in [4.69, 9.17) is 14.2 Å². The Morgan fingerprint density at radius 3 is 2.65 bits per heavy atom. The van der Waals surface area contributed by atoms with Crippen LogP contribution >= 0.6 is 0 Å². The smallest absolute Gasteiger partial charge is 0.258 e. The monoisotopic (exact) mass is 459 g/mol. The summed E-state index contributed by atoms with van der Waals surface area (Å²) in [7, 11) is 1.55. The van der Waals surface area contributed by atoms with E-state index >= 15 is 0 Å². The molecule has 0 spiro atoms. The summed E-state index contributed by atoms with van der Waals surface area (Å²) >= 11 is 0. The highest BCUT2D eigenvalue weighted by molar-refractivity contribution is 5.97. The fourth-order valence-corrected chi connectivity index (χ4v) is 4.15. The highest BCUT2D eigenvalue weighted by Crippen LogP contribution is 2.38. The van der Waals surface area contributed by atoms with Crippen molar-refractivity contribution in [1.82, 2.24) is 9.97 Å². The van der Waals surface area contributed by atoms with Gasteiger partial charge in [-0.3, -0.25) is 14.6 Å². The summed E-state index contributed by atoms with van der Waals surface area (Å²) in [5.74, 6) is -0.0314. The number of methoxy groups -OCH3 is 1. The Kier molecular flexibility index (Phi) is 5.51. The number of benzene rings is 2. The Hall–Kier alpha value is -4.52. The summed E-state index contributed by atoms with van der Waals surface area (Å²) in [6, 6.07) is 14.5. The summed E-state index contributed by atoms with van der Waals surface area (Å²) in [6.07, 6.45) is 0. The quantitative estimate of drug-likeness (QED) is 0.529. The maximum Gasteiger partial charge on any atom is 0.258 e. The molecule has 2 unspecified atom stereocenters. The van der Waals surface area contributed by atoms with Gasteiger partial charge in [0.1, 0.15) is 30.7 Å². The van der Waals surface area contributed by atoms with Gasteiger partial charge in [0.25, 0.3) is 5.56 Å². The molecule has 2 atom stereocenters. The van der Waals surface area contributed by atoms with E-state index in [0.29, 0.717) is 42.6 Å². The number of hydrogen-bond acceptors (Lipinski definition) is 8. The van der Waals surface area contributed by atoms with Crippen molar-refractivity contribution >= 4 is 17.7 Å². The van der Waals surface area contributed by atoms with Gasteiger partial charge in [-0.25, -0.2) is 0 Å². The minimum Gasteiger partial charge on any atom is -0.497 e. The van der Waals surface area contributed by atoms with Crippen LogP contribution in [0.2, 0.25) is 0 Å². The van der Waals surface area contributed by atoms with Gasteiger partial charge < -0.3 is 24.8 Å². The molecule has 1 aromatic heterocycles. The Labute approximate surface area is 194 Å². The van der Waals surface area contributed by atoms with E-state index in [9.17, 15) is 14.9 Å². The van der Waals surface area contributed by atoms with E-state index in [1.807, 2.05) is 24.3 Å². The minimum atomic E-state index is -1.07. The van der Waals surface area contributed by atoms with E-state index in [2.05, 4.69) is 20.6 Å². The van der Waals surface area contributed by atoms with E-state index in [1.165, 1.54) is 0 Å². The predicted molar refractivity (Wildman–Crippen MR) is 122 cm³/mol. The average Bonchev–Trinajstić information content (AvgIpc) is 2.86. The van der Waals surface area contributed by atoms with Crippen LogP contribution in [0.3, 0.4) is 0 Å².